The van der Waals surface area contributed by atoms with Crippen molar-refractivity contribution >= 4 is 11.0 Å². The van der Waals surface area contributed by atoms with Gasteiger partial charge in [-0.3, -0.25) is 0 Å². The Bertz CT molecular complexity index is 703. The molecule has 0 radical (unpaired) electrons. The van der Waals surface area contributed by atoms with Crippen LogP contribution in [0.15, 0.2) is 59.0 Å². The molecule has 0 saturated carbocycles. The maximum Gasteiger partial charge on any atom is 0.364 e. The molecular formula is C16H13O2+. The largest absolute Gasteiger partial charge is 0.508 e. The normalized spacial score (nSPS) is 10.7. The number of hydrogen-bond donors (Lipinski definition) is 1. The van der Waals surface area contributed by atoms with Crippen molar-refractivity contribution in [3.8, 4) is 17.1 Å². The van der Waals surface area contributed by atoms with Crippen LogP contribution in [0.5, 0.6) is 5.75 Å². The van der Waals surface area contributed by atoms with Crippen LogP contribution in [0.3, 0.4) is 0 Å². The molecule has 3 aromatic rings. The fourth-order valence-electron chi connectivity index (χ4n) is 2.09. The molecule has 18 heavy (non-hydrogen) atoms. The van der Waals surface area contributed by atoms with Crippen LogP contribution in [-0.2, 0) is 0 Å². The van der Waals surface area contributed by atoms with Crippen LogP contribution < -0.4 is 0 Å². The second-order valence-electron chi connectivity index (χ2n) is 4.34. The first-order valence-electron chi connectivity index (χ1n) is 5.86. The van der Waals surface area contributed by atoms with Gasteiger partial charge in [0, 0.05) is 6.07 Å². The van der Waals surface area contributed by atoms with Crippen LogP contribution in [0.1, 0.15) is 5.56 Å². The van der Waals surface area contributed by atoms with Crippen molar-refractivity contribution in [2.45, 2.75) is 6.92 Å². The summed E-state index contributed by atoms with van der Waals surface area (Å²) < 4.78 is 5.85. The van der Waals surface area contributed by atoms with E-state index in [9.17, 15) is 5.11 Å². The Kier molecular flexibility index (Phi) is 2.49. The average Bonchev–Trinajstić information content (AvgIpc) is 2.39. The molecule has 0 amide bonds. The molecule has 2 heteroatoms. The average molecular weight is 237 g/mol. The lowest BCUT2D eigenvalue weighted by Gasteiger charge is -1.97. The van der Waals surface area contributed by atoms with Crippen molar-refractivity contribution in [1.82, 2.24) is 0 Å². The first-order valence-corrected chi connectivity index (χ1v) is 5.86. The van der Waals surface area contributed by atoms with Gasteiger partial charge < -0.3 is 5.11 Å². The molecule has 2 nitrogen and oxygen atoms in total. The third-order valence-corrected chi connectivity index (χ3v) is 3.02. The minimum atomic E-state index is 0.218. The van der Waals surface area contributed by atoms with E-state index in [0.29, 0.717) is 5.58 Å². The highest BCUT2D eigenvalue weighted by atomic mass is 16.3. The zero-order chi connectivity index (χ0) is 12.5. The molecule has 3 rings (SSSR count). The Morgan fingerprint density at radius 2 is 1.72 bits per heavy atom. The van der Waals surface area contributed by atoms with E-state index in [-0.39, 0.29) is 5.75 Å². The van der Waals surface area contributed by atoms with E-state index >= 15 is 0 Å². The molecule has 0 aliphatic heterocycles. The Morgan fingerprint density at radius 3 is 2.50 bits per heavy atom. The summed E-state index contributed by atoms with van der Waals surface area (Å²) in [4.78, 5) is 0. The van der Waals surface area contributed by atoms with Crippen molar-refractivity contribution in [2.24, 2.45) is 0 Å². The second-order valence-corrected chi connectivity index (χ2v) is 4.34. The number of phenols is 1. The SMILES string of the molecule is Cc1cc(-c2ccccc2)[o+]c2cc(O)ccc12. The zero-order valence-electron chi connectivity index (χ0n) is 10.1. The van der Waals surface area contributed by atoms with Crippen LogP contribution >= 0.6 is 0 Å². The van der Waals surface area contributed by atoms with E-state index in [1.165, 1.54) is 0 Å². The molecule has 0 spiro atoms. The molecule has 1 aromatic heterocycles. The Labute approximate surface area is 105 Å². The van der Waals surface area contributed by atoms with Gasteiger partial charge in [-0.1, -0.05) is 18.2 Å². The van der Waals surface area contributed by atoms with E-state index in [1.54, 1.807) is 12.1 Å². The molecule has 0 fully saturated rings. The minimum absolute atomic E-state index is 0.218. The van der Waals surface area contributed by atoms with Crippen molar-refractivity contribution in [3.05, 3.63) is 60.2 Å². The molecule has 0 atom stereocenters. The third-order valence-electron chi connectivity index (χ3n) is 3.02. The van der Waals surface area contributed by atoms with Crippen LogP contribution in [0.4, 0.5) is 0 Å². The van der Waals surface area contributed by atoms with E-state index in [4.69, 9.17) is 4.42 Å². The number of rotatable bonds is 1. The summed E-state index contributed by atoms with van der Waals surface area (Å²) in [7, 11) is 0. The highest BCUT2D eigenvalue weighted by Gasteiger charge is 2.17. The first kappa shape index (κ1) is 10.8. The van der Waals surface area contributed by atoms with Crippen LogP contribution in [-0.4, -0.2) is 5.11 Å². The monoisotopic (exact) mass is 237 g/mol. The van der Waals surface area contributed by atoms with Crippen molar-refractivity contribution in [1.29, 1.82) is 0 Å². The topological polar surface area (TPSA) is 31.5 Å². The first-order chi connectivity index (χ1) is 8.74. The second kappa shape index (κ2) is 4.15. The van der Waals surface area contributed by atoms with Crippen molar-refractivity contribution < 1.29 is 9.52 Å². The van der Waals surface area contributed by atoms with Gasteiger partial charge in [0.25, 0.3) is 0 Å². The highest BCUT2D eigenvalue weighted by Crippen LogP contribution is 2.29. The summed E-state index contributed by atoms with van der Waals surface area (Å²) in [5.74, 6) is 1.03. The minimum Gasteiger partial charge on any atom is -0.508 e. The van der Waals surface area contributed by atoms with Crippen LogP contribution in [0.2, 0.25) is 0 Å². The van der Waals surface area contributed by atoms with Gasteiger partial charge in [-0.15, -0.1) is 0 Å². The van der Waals surface area contributed by atoms with Gasteiger partial charge in [0.15, 0.2) is 0 Å². The third kappa shape index (κ3) is 1.82. The highest BCUT2D eigenvalue weighted by molar-refractivity contribution is 5.83. The Hall–Kier alpha value is -2.35. The lowest BCUT2D eigenvalue weighted by atomic mass is 10.1. The molecule has 0 bridgehead atoms. The smallest absolute Gasteiger partial charge is 0.364 e. The summed E-state index contributed by atoms with van der Waals surface area (Å²) in [5.41, 5.74) is 2.87. The summed E-state index contributed by atoms with van der Waals surface area (Å²) >= 11 is 0. The predicted molar refractivity (Wildman–Crippen MR) is 72.5 cm³/mol. The summed E-state index contributed by atoms with van der Waals surface area (Å²) in [6, 6.07) is 17.2. The summed E-state index contributed by atoms with van der Waals surface area (Å²) in [5, 5.41) is 10.5. The predicted octanol–water partition coefficient (Wildman–Crippen LogP) is 4.39. The van der Waals surface area contributed by atoms with Crippen molar-refractivity contribution in [3.63, 3.8) is 0 Å². The van der Waals surface area contributed by atoms with Gasteiger partial charge in [-0.25, -0.2) is 4.42 Å². The van der Waals surface area contributed by atoms with E-state index in [2.05, 4.69) is 0 Å². The number of benzene rings is 2. The summed E-state index contributed by atoms with van der Waals surface area (Å²) in [6.45, 7) is 2.04. The quantitative estimate of drug-likeness (QED) is 0.636. The van der Waals surface area contributed by atoms with Crippen molar-refractivity contribution in [2.75, 3.05) is 0 Å². The van der Waals surface area contributed by atoms with E-state index < -0.39 is 0 Å². The zero-order valence-corrected chi connectivity index (χ0v) is 10.1. The van der Waals surface area contributed by atoms with Gasteiger partial charge >= 0.3 is 11.3 Å². The van der Waals surface area contributed by atoms with E-state index in [0.717, 1.165) is 22.3 Å². The molecule has 0 aliphatic carbocycles. The molecule has 1 N–H and O–H groups in total. The van der Waals surface area contributed by atoms with Crippen LogP contribution in [0, 0.1) is 6.92 Å². The van der Waals surface area contributed by atoms with Gasteiger partial charge in [-0.05, 0) is 36.8 Å². The molecule has 0 unspecified atom stereocenters. The standard InChI is InChI=1S/C16H12O2/c1-11-9-15(12-5-3-2-4-6-12)18-16-10-13(17)7-8-14(11)16/h2-10H,1H3/p+1. The molecular weight excluding hydrogens is 224 g/mol. The molecule has 1 heterocycles. The lowest BCUT2D eigenvalue weighted by Crippen LogP contribution is -1.83. The number of aromatic hydroxyl groups is 1. The Morgan fingerprint density at radius 1 is 0.944 bits per heavy atom. The Balaban J connectivity index is 2.27. The van der Waals surface area contributed by atoms with Gasteiger partial charge in [0.05, 0.1) is 17.0 Å². The fourth-order valence-corrected chi connectivity index (χ4v) is 2.09. The maximum absolute atomic E-state index is 9.52. The maximum atomic E-state index is 9.52. The van der Waals surface area contributed by atoms with Gasteiger partial charge in [-0.2, -0.15) is 0 Å². The van der Waals surface area contributed by atoms with Gasteiger partial charge in [0.1, 0.15) is 5.75 Å². The number of aryl methyl sites for hydroxylation is 1. The fraction of sp³-hybridized carbons (Fsp3) is 0.0625. The number of fused-ring (bicyclic) bond motifs is 1. The van der Waals surface area contributed by atoms with Crippen LogP contribution in [0.25, 0.3) is 22.3 Å². The van der Waals surface area contributed by atoms with Gasteiger partial charge in [0.2, 0.25) is 0 Å². The molecule has 88 valence electrons. The number of phenolic OH excluding ortho intramolecular Hbond substituents is 1. The molecule has 0 saturated heterocycles. The summed E-state index contributed by atoms with van der Waals surface area (Å²) in [6.07, 6.45) is 0. The molecule has 0 aliphatic rings. The number of hydrogen-bond acceptors (Lipinski definition) is 1. The molecule has 2 aromatic carbocycles. The van der Waals surface area contributed by atoms with E-state index in [1.807, 2.05) is 49.4 Å². The lowest BCUT2D eigenvalue weighted by molar-refractivity contribution is 0.474.